The monoisotopic (exact) mass is 274 g/mol. The molecular weight excluding hydrogens is 256 g/mol. The molecule has 0 aliphatic heterocycles. The van der Waals surface area contributed by atoms with Gasteiger partial charge in [0.05, 0.1) is 6.54 Å². The molecule has 2 N–H and O–H groups in total. The molecule has 2 aromatic rings. The third kappa shape index (κ3) is 4.04. The number of hydrogen-bond acceptors (Lipinski definition) is 5. The summed E-state index contributed by atoms with van der Waals surface area (Å²) in [6.07, 6.45) is 4.56. The second kappa shape index (κ2) is 7.22. The Morgan fingerprint density at radius 2 is 2.20 bits per heavy atom. The lowest BCUT2D eigenvalue weighted by Crippen LogP contribution is -2.28. The van der Waals surface area contributed by atoms with Crippen LogP contribution in [0.1, 0.15) is 23.8 Å². The number of carbonyl (C=O) groups is 1. The van der Waals surface area contributed by atoms with Gasteiger partial charge in [-0.2, -0.15) is 5.10 Å². The lowest BCUT2D eigenvalue weighted by atomic mass is 10.3. The molecule has 0 aliphatic carbocycles. The minimum Gasteiger partial charge on any atom is -0.369 e. The number of amides is 1. The van der Waals surface area contributed by atoms with Crippen LogP contribution in [0.15, 0.2) is 30.6 Å². The molecule has 106 valence electrons. The molecule has 0 saturated heterocycles. The second-order valence-corrected chi connectivity index (χ2v) is 4.26. The molecule has 2 rings (SSSR count). The summed E-state index contributed by atoms with van der Waals surface area (Å²) in [4.78, 5) is 11.8. The molecule has 0 saturated carbocycles. The van der Waals surface area contributed by atoms with Crippen LogP contribution in [0.4, 0.5) is 5.82 Å². The van der Waals surface area contributed by atoms with E-state index in [2.05, 4.69) is 32.9 Å². The molecule has 7 nitrogen and oxygen atoms in total. The number of nitrogens with zero attached hydrogens (tertiary/aromatic N) is 4. The van der Waals surface area contributed by atoms with Crippen LogP contribution in [-0.4, -0.2) is 39.0 Å². The highest BCUT2D eigenvalue weighted by molar-refractivity contribution is 5.92. The SMILES string of the molecule is CCCNc1ccc(C(=O)NCCn2cccn2)nn1. The van der Waals surface area contributed by atoms with E-state index < -0.39 is 0 Å². The summed E-state index contributed by atoms with van der Waals surface area (Å²) in [6, 6.07) is 5.26. The lowest BCUT2D eigenvalue weighted by molar-refractivity contribution is 0.0946. The van der Waals surface area contributed by atoms with E-state index >= 15 is 0 Å². The fourth-order valence-electron chi connectivity index (χ4n) is 1.61. The molecule has 20 heavy (non-hydrogen) atoms. The van der Waals surface area contributed by atoms with Gasteiger partial charge in [-0.1, -0.05) is 6.92 Å². The molecule has 0 radical (unpaired) electrons. The molecule has 0 fully saturated rings. The molecule has 1 amide bonds. The number of anilines is 1. The zero-order valence-electron chi connectivity index (χ0n) is 11.4. The minimum absolute atomic E-state index is 0.230. The normalized spacial score (nSPS) is 10.2. The first-order chi connectivity index (χ1) is 9.79. The highest BCUT2D eigenvalue weighted by Crippen LogP contribution is 2.01. The van der Waals surface area contributed by atoms with Crippen LogP contribution >= 0.6 is 0 Å². The van der Waals surface area contributed by atoms with E-state index in [-0.39, 0.29) is 5.91 Å². The average molecular weight is 274 g/mol. The second-order valence-electron chi connectivity index (χ2n) is 4.26. The topological polar surface area (TPSA) is 84.7 Å². The van der Waals surface area contributed by atoms with Gasteiger partial charge in [-0.15, -0.1) is 10.2 Å². The first-order valence-electron chi connectivity index (χ1n) is 6.63. The number of nitrogens with one attached hydrogen (secondary N) is 2. The molecule has 0 aromatic carbocycles. The molecule has 0 atom stereocenters. The van der Waals surface area contributed by atoms with Crippen molar-refractivity contribution in [3.8, 4) is 0 Å². The number of carbonyl (C=O) groups excluding carboxylic acids is 1. The Bertz CT molecular complexity index is 522. The largest absolute Gasteiger partial charge is 0.369 e. The van der Waals surface area contributed by atoms with Crippen molar-refractivity contribution in [2.45, 2.75) is 19.9 Å². The van der Waals surface area contributed by atoms with Crippen molar-refractivity contribution in [2.24, 2.45) is 0 Å². The van der Waals surface area contributed by atoms with Gasteiger partial charge in [0.1, 0.15) is 5.82 Å². The first kappa shape index (κ1) is 14.0. The predicted octanol–water partition coefficient (Wildman–Crippen LogP) is 0.925. The van der Waals surface area contributed by atoms with Crippen LogP contribution in [0.5, 0.6) is 0 Å². The van der Waals surface area contributed by atoms with Gasteiger partial charge in [0, 0.05) is 25.5 Å². The van der Waals surface area contributed by atoms with Crippen LogP contribution in [0.2, 0.25) is 0 Å². The summed E-state index contributed by atoms with van der Waals surface area (Å²) in [5.41, 5.74) is 0.313. The number of aromatic nitrogens is 4. The van der Waals surface area contributed by atoms with Crippen LogP contribution in [0.25, 0.3) is 0 Å². The summed E-state index contributed by atoms with van der Waals surface area (Å²) >= 11 is 0. The maximum atomic E-state index is 11.8. The van der Waals surface area contributed by atoms with Crippen molar-refractivity contribution in [3.05, 3.63) is 36.3 Å². The highest BCUT2D eigenvalue weighted by Gasteiger charge is 2.07. The Morgan fingerprint density at radius 1 is 1.30 bits per heavy atom. The lowest BCUT2D eigenvalue weighted by Gasteiger charge is -2.06. The molecule has 0 aliphatic rings. The zero-order valence-corrected chi connectivity index (χ0v) is 11.4. The Hall–Kier alpha value is -2.44. The number of rotatable bonds is 7. The van der Waals surface area contributed by atoms with Crippen molar-refractivity contribution in [3.63, 3.8) is 0 Å². The maximum absolute atomic E-state index is 11.8. The molecule has 0 unspecified atom stereocenters. The van der Waals surface area contributed by atoms with Gasteiger partial charge in [-0.3, -0.25) is 9.48 Å². The van der Waals surface area contributed by atoms with Crippen LogP contribution in [-0.2, 0) is 6.54 Å². The minimum atomic E-state index is -0.230. The smallest absolute Gasteiger partial charge is 0.271 e. The van der Waals surface area contributed by atoms with Crippen molar-refractivity contribution < 1.29 is 4.79 Å². The molecule has 0 spiro atoms. The standard InChI is InChI=1S/C13H18N6O/c1-2-6-14-12-5-4-11(17-18-12)13(20)15-8-10-19-9-3-7-16-19/h3-5,7,9H,2,6,8,10H2,1H3,(H,14,18)(H,15,20). The van der Waals surface area contributed by atoms with Gasteiger partial charge in [-0.05, 0) is 24.6 Å². The summed E-state index contributed by atoms with van der Waals surface area (Å²) in [7, 11) is 0. The van der Waals surface area contributed by atoms with Gasteiger partial charge >= 0.3 is 0 Å². The first-order valence-corrected chi connectivity index (χ1v) is 6.63. The van der Waals surface area contributed by atoms with Crippen LogP contribution in [0, 0.1) is 0 Å². The van der Waals surface area contributed by atoms with Gasteiger partial charge in [0.25, 0.3) is 5.91 Å². The predicted molar refractivity (Wildman–Crippen MR) is 75.4 cm³/mol. The molecular formula is C13H18N6O. The zero-order chi connectivity index (χ0) is 14.2. The molecule has 0 bridgehead atoms. The van der Waals surface area contributed by atoms with E-state index in [1.54, 1.807) is 23.0 Å². The highest BCUT2D eigenvalue weighted by atomic mass is 16.1. The average Bonchev–Trinajstić information content (AvgIpc) is 2.99. The fourth-order valence-corrected chi connectivity index (χ4v) is 1.61. The van der Waals surface area contributed by atoms with Crippen molar-refractivity contribution in [1.29, 1.82) is 0 Å². The van der Waals surface area contributed by atoms with Crippen LogP contribution in [0.3, 0.4) is 0 Å². The third-order valence-electron chi connectivity index (χ3n) is 2.64. The van der Waals surface area contributed by atoms with Crippen molar-refractivity contribution >= 4 is 11.7 Å². The number of hydrogen-bond donors (Lipinski definition) is 2. The van der Waals surface area contributed by atoms with Gasteiger partial charge in [-0.25, -0.2) is 0 Å². The van der Waals surface area contributed by atoms with E-state index in [0.29, 0.717) is 24.6 Å². The van der Waals surface area contributed by atoms with Crippen molar-refractivity contribution in [2.75, 3.05) is 18.4 Å². The van der Waals surface area contributed by atoms with E-state index in [4.69, 9.17) is 0 Å². The quantitative estimate of drug-likeness (QED) is 0.784. The van der Waals surface area contributed by atoms with E-state index in [9.17, 15) is 4.79 Å². The van der Waals surface area contributed by atoms with E-state index in [0.717, 1.165) is 13.0 Å². The molecule has 2 aromatic heterocycles. The summed E-state index contributed by atoms with van der Waals surface area (Å²) in [6.45, 7) is 4.03. The Kier molecular flexibility index (Phi) is 5.05. The fraction of sp³-hybridized carbons (Fsp3) is 0.385. The summed E-state index contributed by atoms with van der Waals surface area (Å²) in [5, 5.41) is 17.8. The Labute approximate surface area is 117 Å². The van der Waals surface area contributed by atoms with Crippen molar-refractivity contribution in [1.82, 2.24) is 25.3 Å². The molecule has 7 heteroatoms. The summed E-state index contributed by atoms with van der Waals surface area (Å²) in [5.74, 6) is 0.451. The third-order valence-corrected chi connectivity index (χ3v) is 2.64. The van der Waals surface area contributed by atoms with Gasteiger partial charge in [0.2, 0.25) is 0 Å². The maximum Gasteiger partial charge on any atom is 0.271 e. The van der Waals surface area contributed by atoms with E-state index in [1.165, 1.54) is 0 Å². The molecule has 2 heterocycles. The van der Waals surface area contributed by atoms with Gasteiger partial charge in [0.15, 0.2) is 5.69 Å². The Balaban J connectivity index is 1.79. The summed E-state index contributed by atoms with van der Waals surface area (Å²) < 4.78 is 1.75. The van der Waals surface area contributed by atoms with Crippen LogP contribution < -0.4 is 10.6 Å². The Morgan fingerprint density at radius 3 is 2.85 bits per heavy atom. The van der Waals surface area contributed by atoms with E-state index in [1.807, 2.05) is 12.3 Å². The van der Waals surface area contributed by atoms with Gasteiger partial charge < -0.3 is 10.6 Å².